The molecule has 2 aliphatic carbocycles. The zero-order valence-electron chi connectivity index (χ0n) is 54.1. The normalized spacial score (nSPS) is 16.7. The van der Waals surface area contributed by atoms with Crippen LogP contribution in [0.1, 0.15) is 97.2 Å². The van der Waals surface area contributed by atoms with Gasteiger partial charge in [-0.3, -0.25) is 0 Å². The molecule has 9 aromatic carbocycles. The molecular weight excluding hydrogens is 1040 g/mol. The van der Waals surface area contributed by atoms with Gasteiger partial charge in [0.25, 0.3) is 0 Å². The van der Waals surface area contributed by atoms with Crippen molar-refractivity contribution < 1.29 is 0 Å². The van der Waals surface area contributed by atoms with Gasteiger partial charge < -0.3 is 0 Å². The van der Waals surface area contributed by atoms with Gasteiger partial charge in [0.15, 0.2) is 0 Å². The maximum Gasteiger partial charge on any atom is 0.238 e. The highest BCUT2D eigenvalue weighted by Crippen LogP contribution is 2.51. The van der Waals surface area contributed by atoms with Gasteiger partial charge >= 0.3 is 0 Å². The first-order valence-corrected chi connectivity index (χ1v) is 31.8. The van der Waals surface area contributed by atoms with E-state index in [1.165, 1.54) is 133 Å². The van der Waals surface area contributed by atoms with Gasteiger partial charge in [-0.2, -0.15) is 0 Å². The summed E-state index contributed by atoms with van der Waals surface area (Å²) in [5, 5.41) is 0. The average molecular weight is 1130 g/mol. The third-order valence-electron chi connectivity index (χ3n) is 20.1. The Labute approximate surface area is 523 Å². The van der Waals surface area contributed by atoms with Crippen molar-refractivity contribution in [2.75, 3.05) is 0 Å². The maximum absolute atomic E-state index is 4.87. The van der Waals surface area contributed by atoms with Crippen molar-refractivity contribution in [1.29, 1.82) is 0 Å². The third-order valence-corrected chi connectivity index (χ3v) is 20.1. The molecule has 0 spiro atoms. The van der Waals surface area contributed by atoms with E-state index in [2.05, 4.69) is 321 Å². The zero-order valence-corrected chi connectivity index (χ0v) is 54.1. The average Bonchev–Trinajstić information content (AvgIpc) is 0.957. The Morgan fingerprint density at radius 2 is 0.828 bits per heavy atom. The first-order chi connectivity index (χ1) is 42.0. The van der Waals surface area contributed by atoms with E-state index in [1.807, 2.05) is 0 Å². The lowest BCUT2D eigenvalue weighted by Crippen LogP contribution is -2.50. The smallest absolute Gasteiger partial charge is 0.0984 e. The van der Waals surface area contributed by atoms with Crippen LogP contribution in [0.5, 0.6) is 0 Å². The molecule has 87 heavy (non-hydrogen) atoms. The molecule has 9 aromatic rings. The van der Waals surface area contributed by atoms with E-state index in [0.29, 0.717) is 23.6 Å². The monoisotopic (exact) mass is 1130 g/mol. The summed E-state index contributed by atoms with van der Waals surface area (Å²) in [6.45, 7) is 37.8. The van der Waals surface area contributed by atoms with Crippen LogP contribution in [0.4, 0.5) is 0 Å². The molecule has 0 nitrogen and oxygen atoms in total. The molecule has 0 fully saturated rings. The molecule has 3 heteroatoms. The second-order valence-electron chi connectivity index (χ2n) is 25.8. The molecule has 0 aromatic heterocycles. The highest BCUT2D eigenvalue weighted by Gasteiger charge is 2.38. The Bertz CT molecular complexity index is 4090. The molecule has 0 N–H and O–H groups in total. The zero-order chi connectivity index (χ0) is 61.4. The highest BCUT2D eigenvalue weighted by atomic mass is 14.3. The molecule has 0 amide bonds. The van der Waals surface area contributed by atoms with Gasteiger partial charge in [-0.15, -0.1) is 0 Å². The maximum atomic E-state index is 4.87. The van der Waals surface area contributed by atoms with Crippen molar-refractivity contribution in [2.45, 2.75) is 103 Å². The fourth-order valence-corrected chi connectivity index (χ4v) is 15.7. The van der Waals surface area contributed by atoms with Crippen molar-refractivity contribution in [2.24, 2.45) is 17.8 Å². The van der Waals surface area contributed by atoms with Crippen molar-refractivity contribution in [3.8, 4) is 44.5 Å². The van der Waals surface area contributed by atoms with Gasteiger partial charge in [-0.1, -0.05) is 358 Å². The van der Waals surface area contributed by atoms with Gasteiger partial charge in [0, 0.05) is 0 Å². The number of rotatable bonds is 15. The van der Waals surface area contributed by atoms with Crippen LogP contribution in [0.15, 0.2) is 241 Å². The Hall–Kier alpha value is -8.39. The second kappa shape index (κ2) is 25.5. The molecule has 0 heterocycles. The molecule has 2 aliphatic rings. The van der Waals surface area contributed by atoms with Crippen LogP contribution in [-0.2, 0) is 0 Å². The van der Waals surface area contributed by atoms with Gasteiger partial charge in [0.1, 0.15) is 0 Å². The minimum absolute atomic E-state index is 0.0164. The van der Waals surface area contributed by atoms with E-state index in [4.69, 9.17) is 6.58 Å². The van der Waals surface area contributed by atoms with Crippen LogP contribution in [0.3, 0.4) is 0 Å². The summed E-state index contributed by atoms with van der Waals surface area (Å²) >= 11 is 0. The summed E-state index contributed by atoms with van der Waals surface area (Å²) in [6.07, 6.45) is 16.5. The standard InChI is InChI=1S/C84H85B3/c1-16-73-74(52-65(14)85(79-54(3)28-23-29-55(79)4)80-56(5)30-24-31-57(80)6)76(70-46-48-71(49-47-70)86(81-58(7)32-25-33-59(81)8)82-60(9)34-26-35-61(82)10)78(68-40-21-18-22-41-68)77(67-38-19-17-20-39-67)75(73)69-44-50-72(51-45-69)87(83-62(11)36-27-37-63(83)12)84-64(13)43-42-53(2)66(84)15/h16-53,58,66,81H,1H2,2-15H3/b65-52+/t53-,58?,66?,81?/m0/s1. The Morgan fingerprint density at radius 1 is 0.414 bits per heavy atom. The number of benzene rings is 9. The van der Waals surface area contributed by atoms with E-state index in [1.54, 1.807) is 0 Å². The Kier molecular flexibility index (Phi) is 17.7. The first-order valence-electron chi connectivity index (χ1n) is 31.8. The summed E-state index contributed by atoms with van der Waals surface area (Å²) < 4.78 is 0. The van der Waals surface area contributed by atoms with Crippen molar-refractivity contribution >= 4 is 65.1 Å². The minimum atomic E-state index is -0.0164. The molecule has 11 rings (SSSR count). The van der Waals surface area contributed by atoms with Crippen molar-refractivity contribution in [1.82, 2.24) is 0 Å². The molecule has 0 bridgehead atoms. The van der Waals surface area contributed by atoms with Crippen LogP contribution in [0, 0.1) is 73.1 Å². The van der Waals surface area contributed by atoms with E-state index in [-0.39, 0.29) is 20.1 Å². The molecule has 0 saturated carbocycles. The largest absolute Gasteiger partial charge is 0.238 e. The van der Waals surface area contributed by atoms with Crippen LogP contribution >= 0.6 is 0 Å². The van der Waals surface area contributed by atoms with Gasteiger partial charge in [-0.05, 0) is 148 Å². The molecule has 3 unspecified atom stereocenters. The summed E-state index contributed by atoms with van der Waals surface area (Å²) in [4.78, 5) is 0. The minimum Gasteiger partial charge on any atom is -0.0984 e. The molecule has 430 valence electrons. The predicted octanol–water partition coefficient (Wildman–Crippen LogP) is 18.2. The fourth-order valence-electron chi connectivity index (χ4n) is 15.7. The highest BCUT2D eigenvalue weighted by molar-refractivity contribution is 6.93. The topological polar surface area (TPSA) is 0 Å². The summed E-state index contributed by atoms with van der Waals surface area (Å²) in [6, 6.07) is 69.2. The van der Waals surface area contributed by atoms with Crippen LogP contribution in [0.2, 0.25) is 5.82 Å². The third kappa shape index (κ3) is 11.5. The summed E-state index contributed by atoms with van der Waals surface area (Å²) in [7, 11) is 0. The lowest BCUT2D eigenvalue weighted by Gasteiger charge is -2.34. The Balaban J connectivity index is 1.26. The Morgan fingerprint density at radius 3 is 1.28 bits per heavy atom. The van der Waals surface area contributed by atoms with Crippen molar-refractivity contribution in [3.05, 3.63) is 297 Å². The number of hydrogen-bond acceptors (Lipinski definition) is 0. The van der Waals surface area contributed by atoms with E-state index >= 15 is 0 Å². The van der Waals surface area contributed by atoms with Crippen LogP contribution in [0.25, 0.3) is 56.7 Å². The molecule has 0 radical (unpaired) electrons. The number of aryl methyl sites for hydroxylation is 8. The summed E-state index contributed by atoms with van der Waals surface area (Å²) in [5.74, 6) is 1.48. The molecule has 0 saturated heterocycles. The lowest BCUT2D eigenvalue weighted by atomic mass is 9.29. The summed E-state index contributed by atoms with van der Waals surface area (Å²) in [5.41, 5.74) is 36.0. The number of hydrogen-bond donors (Lipinski definition) is 0. The second-order valence-corrected chi connectivity index (χ2v) is 25.8. The molecule has 4 atom stereocenters. The fraction of sp³-hybridized carbons (Fsp3) is 0.214. The lowest BCUT2D eigenvalue weighted by molar-refractivity contribution is 0.536. The van der Waals surface area contributed by atoms with E-state index < -0.39 is 0 Å². The van der Waals surface area contributed by atoms with Crippen molar-refractivity contribution in [3.63, 3.8) is 0 Å². The SMILES string of the molecule is C=Cc1c(/C=C(\C)B(c2c(C)cccc2C)c2c(C)cccc2C)c(-c2ccc(B(c3c(C)cccc3C)C3C(C)=CC=CC3C)cc2)c(-c2ccccc2)c(-c2ccccc2)c1-c1ccc(B(C2=C(C)C=C[C@H](C)C2C)c2c(C)cccc2C)cc1. The van der Waals surface area contributed by atoms with Crippen LogP contribution < -0.4 is 32.8 Å². The number of allylic oxidation sites excluding steroid dienone is 9. The van der Waals surface area contributed by atoms with E-state index in [9.17, 15) is 0 Å². The molecular formula is C84H85B3. The van der Waals surface area contributed by atoms with E-state index in [0.717, 1.165) is 22.3 Å². The first kappa shape index (κ1) is 60.3. The van der Waals surface area contributed by atoms with Gasteiger partial charge in [0.2, 0.25) is 20.1 Å². The quantitative estimate of drug-likeness (QED) is 0.0898. The van der Waals surface area contributed by atoms with Crippen LogP contribution in [-0.4, -0.2) is 20.1 Å². The predicted molar refractivity (Wildman–Crippen MR) is 387 cm³/mol. The van der Waals surface area contributed by atoms with Gasteiger partial charge in [-0.25, -0.2) is 0 Å². The van der Waals surface area contributed by atoms with Gasteiger partial charge in [0.05, 0.1) is 0 Å². The molecule has 0 aliphatic heterocycles.